The SMILES string of the molecule is CCN(OC)C(=O)C(C#N)C(=O)C(C)Oc1cc(Oc2cnc3cc(Cl)ccc3n2)ccc1Cl. The first-order valence-electron chi connectivity index (χ1n) is 10.1. The molecule has 3 rings (SSSR count). The third kappa shape index (κ3) is 5.72. The Labute approximate surface area is 205 Å². The Kier molecular flexibility index (Phi) is 8.23. The standard InChI is InChI=1S/C23H20Cl2N4O5/c1-4-29(32-3)23(31)16(11-26)22(30)13(2)33-20-10-15(6-7-17(20)25)34-21-12-27-19-9-14(24)5-8-18(19)28-21/h5-10,12-13,16H,4H2,1-3H3. The number of ketones is 1. The lowest BCUT2D eigenvalue weighted by molar-refractivity contribution is -0.178. The monoisotopic (exact) mass is 502 g/mol. The first-order chi connectivity index (χ1) is 16.3. The van der Waals surface area contributed by atoms with E-state index in [2.05, 4.69) is 9.97 Å². The Morgan fingerprint density at radius 2 is 1.94 bits per heavy atom. The molecule has 2 aromatic carbocycles. The van der Waals surface area contributed by atoms with Crippen LogP contribution < -0.4 is 9.47 Å². The maximum absolute atomic E-state index is 12.7. The van der Waals surface area contributed by atoms with Crippen molar-refractivity contribution >= 4 is 45.9 Å². The van der Waals surface area contributed by atoms with E-state index in [1.807, 2.05) is 0 Å². The fourth-order valence-electron chi connectivity index (χ4n) is 3.02. The molecule has 3 aromatic rings. The van der Waals surface area contributed by atoms with Crippen molar-refractivity contribution in [2.75, 3.05) is 13.7 Å². The lowest BCUT2D eigenvalue weighted by Gasteiger charge is -2.22. The molecular formula is C23H20Cl2N4O5. The van der Waals surface area contributed by atoms with Crippen LogP contribution in [0.15, 0.2) is 42.6 Å². The number of carbonyl (C=O) groups is 2. The van der Waals surface area contributed by atoms with Crippen molar-refractivity contribution in [3.8, 4) is 23.4 Å². The molecule has 2 unspecified atom stereocenters. The van der Waals surface area contributed by atoms with Crippen LogP contribution in [-0.4, -0.2) is 46.5 Å². The normalized spacial score (nSPS) is 12.5. The van der Waals surface area contributed by atoms with Crippen LogP contribution in [0.1, 0.15) is 13.8 Å². The van der Waals surface area contributed by atoms with Crippen LogP contribution in [0.25, 0.3) is 11.0 Å². The van der Waals surface area contributed by atoms with Crippen LogP contribution in [0.2, 0.25) is 10.0 Å². The summed E-state index contributed by atoms with van der Waals surface area (Å²) >= 11 is 12.2. The molecule has 11 heteroatoms. The van der Waals surface area contributed by atoms with Gasteiger partial charge in [0.1, 0.15) is 11.5 Å². The number of amides is 1. The molecular weight excluding hydrogens is 483 g/mol. The fraction of sp³-hybridized carbons (Fsp3) is 0.261. The summed E-state index contributed by atoms with van der Waals surface area (Å²) in [7, 11) is 1.28. The number of ether oxygens (including phenoxy) is 2. The summed E-state index contributed by atoms with van der Waals surface area (Å²) in [6.07, 6.45) is 0.292. The van der Waals surface area contributed by atoms with E-state index in [9.17, 15) is 14.9 Å². The summed E-state index contributed by atoms with van der Waals surface area (Å²) in [4.78, 5) is 38.7. The third-order valence-corrected chi connectivity index (χ3v) is 5.27. The summed E-state index contributed by atoms with van der Waals surface area (Å²) in [5.41, 5.74) is 1.21. The highest BCUT2D eigenvalue weighted by Crippen LogP contribution is 2.32. The second-order valence-corrected chi connectivity index (χ2v) is 7.82. The number of Topliss-reactive ketones (excluding diaryl/α,β-unsaturated/α-hetero) is 1. The van der Waals surface area contributed by atoms with Crippen molar-refractivity contribution in [3.63, 3.8) is 0 Å². The lowest BCUT2D eigenvalue weighted by Crippen LogP contribution is -2.42. The average Bonchev–Trinajstić information content (AvgIpc) is 2.82. The molecule has 0 saturated carbocycles. The summed E-state index contributed by atoms with van der Waals surface area (Å²) in [5, 5.41) is 11.1. The van der Waals surface area contributed by atoms with Gasteiger partial charge in [-0.3, -0.25) is 14.4 Å². The molecule has 0 N–H and O–H groups in total. The number of hydrogen-bond donors (Lipinski definition) is 0. The Hall–Kier alpha value is -3.45. The number of rotatable bonds is 9. The maximum Gasteiger partial charge on any atom is 0.271 e. The number of fused-ring (bicyclic) bond motifs is 1. The summed E-state index contributed by atoms with van der Waals surface area (Å²) < 4.78 is 11.4. The highest BCUT2D eigenvalue weighted by Gasteiger charge is 2.35. The predicted molar refractivity (Wildman–Crippen MR) is 125 cm³/mol. The second kappa shape index (κ2) is 11.1. The quantitative estimate of drug-likeness (QED) is 0.307. The molecule has 0 aliphatic heterocycles. The Bertz CT molecular complexity index is 1260. The topological polar surface area (TPSA) is 115 Å². The highest BCUT2D eigenvalue weighted by atomic mass is 35.5. The van der Waals surface area contributed by atoms with Gasteiger partial charge in [0.25, 0.3) is 5.91 Å². The number of nitriles is 1. The van der Waals surface area contributed by atoms with Crippen LogP contribution in [0.3, 0.4) is 0 Å². The van der Waals surface area contributed by atoms with Crippen molar-refractivity contribution in [2.24, 2.45) is 5.92 Å². The number of carbonyl (C=O) groups excluding carboxylic acids is 2. The number of nitrogens with zero attached hydrogens (tertiary/aromatic N) is 4. The van der Waals surface area contributed by atoms with Crippen molar-refractivity contribution in [1.82, 2.24) is 15.0 Å². The van der Waals surface area contributed by atoms with E-state index in [0.717, 1.165) is 5.06 Å². The van der Waals surface area contributed by atoms with Gasteiger partial charge in [0.15, 0.2) is 17.8 Å². The molecule has 176 valence electrons. The van der Waals surface area contributed by atoms with Crippen LogP contribution >= 0.6 is 23.2 Å². The van der Waals surface area contributed by atoms with E-state index < -0.39 is 23.7 Å². The van der Waals surface area contributed by atoms with Crippen LogP contribution in [-0.2, 0) is 14.4 Å². The summed E-state index contributed by atoms with van der Waals surface area (Å²) in [6, 6.07) is 11.4. The van der Waals surface area contributed by atoms with Crippen molar-refractivity contribution in [1.29, 1.82) is 5.26 Å². The lowest BCUT2D eigenvalue weighted by atomic mass is 10.0. The molecule has 0 aliphatic rings. The fourth-order valence-corrected chi connectivity index (χ4v) is 3.35. The van der Waals surface area contributed by atoms with Crippen molar-refractivity contribution in [2.45, 2.75) is 20.0 Å². The van der Waals surface area contributed by atoms with E-state index in [-0.39, 0.29) is 23.2 Å². The minimum Gasteiger partial charge on any atom is -0.481 e. The molecule has 9 nitrogen and oxygen atoms in total. The molecule has 0 bridgehead atoms. The minimum absolute atomic E-state index is 0.128. The largest absolute Gasteiger partial charge is 0.481 e. The molecule has 1 amide bonds. The number of hydroxylamine groups is 2. The Morgan fingerprint density at radius 3 is 2.62 bits per heavy atom. The van der Waals surface area contributed by atoms with Gasteiger partial charge in [-0.05, 0) is 44.2 Å². The van der Waals surface area contributed by atoms with E-state index in [1.54, 1.807) is 37.3 Å². The number of hydrogen-bond acceptors (Lipinski definition) is 8. The van der Waals surface area contributed by atoms with Crippen LogP contribution in [0.4, 0.5) is 0 Å². The van der Waals surface area contributed by atoms with Gasteiger partial charge in [-0.2, -0.15) is 5.26 Å². The molecule has 1 heterocycles. The van der Waals surface area contributed by atoms with Crippen LogP contribution in [0, 0.1) is 17.2 Å². The molecule has 0 aliphatic carbocycles. The van der Waals surface area contributed by atoms with Gasteiger partial charge in [-0.1, -0.05) is 23.2 Å². The van der Waals surface area contributed by atoms with Gasteiger partial charge in [-0.15, -0.1) is 0 Å². The average molecular weight is 503 g/mol. The molecule has 0 spiro atoms. The zero-order valence-electron chi connectivity index (χ0n) is 18.5. The first kappa shape index (κ1) is 25.2. The molecule has 0 saturated heterocycles. The van der Waals surface area contributed by atoms with E-state index >= 15 is 0 Å². The van der Waals surface area contributed by atoms with E-state index in [4.69, 9.17) is 37.5 Å². The molecule has 1 aromatic heterocycles. The van der Waals surface area contributed by atoms with Crippen LogP contribution in [0.5, 0.6) is 17.4 Å². The number of halogens is 2. The Morgan fingerprint density at radius 1 is 1.18 bits per heavy atom. The van der Waals surface area contributed by atoms with Gasteiger partial charge in [-0.25, -0.2) is 15.0 Å². The molecule has 0 radical (unpaired) electrons. The van der Waals surface area contributed by atoms with Gasteiger partial charge in [0.2, 0.25) is 5.88 Å². The smallest absolute Gasteiger partial charge is 0.271 e. The minimum atomic E-state index is -1.59. The molecule has 2 atom stereocenters. The zero-order valence-corrected chi connectivity index (χ0v) is 20.0. The second-order valence-electron chi connectivity index (χ2n) is 6.98. The van der Waals surface area contributed by atoms with E-state index in [1.165, 1.54) is 32.4 Å². The van der Waals surface area contributed by atoms with E-state index in [0.29, 0.717) is 21.8 Å². The summed E-state index contributed by atoms with van der Waals surface area (Å²) in [5.74, 6) is -2.41. The van der Waals surface area contributed by atoms with Gasteiger partial charge in [0.05, 0.1) is 35.4 Å². The highest BCUT2D eigenvalue weighted by molar-refractivity contribution is 6.32. The first-order valence-corrected chi connectivity index (χ1v) is 10.9. The number of aromatic nitrogens is 2. The zero-order chi connectivity index (χ0) is 24.8. The van der Waals surface area contributed by atoms with Gasteiger partial charge >= 0.3 is 0 Å². The van der Waals surface area contributed by atoms with Crippen molar-refractivity contribution in [3.05, 3.63) is 52.6 Å². The van der Waals surface area contributed by atoms with Gasteiger partial charge in [0, 0.05) is 17.6 Å². The van der Waals surface area contributed by atoms with Crippen molar-refractivity contribution < 1.29 is 23.9 Å². The Balaban J connectivity index is 1.77. The maximum atomic E-state index is 12.7. The predicted octanol–water partition coefficient (Wildman–Crippen LogP) is 4.61. The third-order valence-electron chi connectivity index (χ3n) is 4.73. The molecule has 0 fully saturated rings. The number of benzene rings is 2. The molecule has 34 heavy (non-hydrogen) atoms. The summed E-state index contributed by atoms with van der Waals surface area (Å²) in [6.45, 7) is 3.25. The van der Waals surface area contributed by atoms with Gasteiger partial charge < -0.3 is 9.47 Å².